The van der Waals surface area contributed by atoms with E-state index in [1.807, 2.05) is 48.5 Å². The summed E-state index contributed by atoms with van der Waals surface area (Å²) in [6, 6.07) is 21.9. The molecule has 1 N–H and O–H groups in total. The van der Waals surface area contributed by atoms with Gasteiger partial charge < -0.3 is 4.74 Å². The Kier molecular flexibility index (Phi) is 5.54. The van der Waals surface area contributed by atoms with Crippen LogP contribution >= 0.6 is 0 Å². The van der Waals surface area contributed by atoms with E-state index in [1.54, 1.807) is 6.07 Å². The molecule has 7 nitrogen and oxygen atoms in total. The summed E-state index contributed by atoms with van der Waals surface area (Å²) in [5.41, 5.74) is 3.33. The van der Waals surface area contributed by atoms with E-state index in [9.17, 15) is 14.9 Å². The summed E-state index contributed by atoms with van der Waals surface area (Å²) < 4.78 is 5.74. The van der Waals surface area contributed by atoms with Crippen molar-refractivity contribution in [2.45, 2.75) is 0 Å². The minimum absolute atomic E-state index is 0.0784. The average Bonchev–Trinajstić information content (AvgIpc) is 2.69. The van der Waals surface area contributed by atoms with Crippen molar-refractivity contribution >= 4 is 17.8 Å². The highest BCUT2D eigenvalue weighted by molar-refractivity contribution is 5.95. The third-order valence-corrected chi connectivity index (χ3v) is 3.56. The molecule has 0 atom stereocenters. The molecular formula is C20H15N3O4. The fraction of sp³-hybridized carbons (Fsp3) is 0. The van der Waals surface area contributed by atoms with Crippen molar-refractivity contribution in [2.24, 2.45) is 5.10 Å². The Morgan fingerprint density at radius 2 is 1.67 bits per heavy atom. The first kappa shape index (κ1) is 17.8. The summed E-state index contributed by atoms with van der Waals surface area (Å²) in [4.78, 5) is 22.1. The van der Waals surface area contributed by atoms with Crippen molar-refractivity contribution in [2.75, 3.05) is 0 Å². The molecule has 0 aliphatic rings. The standard InChI is InChI=1S/C20H15N3O4/c24-20(16-9-11-17(12-10-16)23(25)26)22-21-14-15-5-4-8-19(13-15)27-18-6-2-1-3-7-18/h1-14H,(H,22,24). The van der Waals surface area contributed by atoms with Crippen LogP contribution in [-0.4, -0.2) is 17.0 Å². The van der Waals surface area contributed by atoms with E-state index >= 15 is 0 Å². The zero-order chi connectivity index (χ0) is 19.1. The summed E-state index contributed by atoms with van der Waals surface area (Å²) in [6.45, 7) is 0. The number of rotatable bonds is 6. The second kappa shape index (κ2) is 8.39. The number of carbonyl (C=O) groups excluding carboxylic acids is 1. The number of nitro groups is 1. The van der Waals surface area contributed by atoms with Crippen LogP contribution in [0.5, 0.6) is 11.5 Å². The molecule has 3 rings (SSSR count). The van der Waals surface area contributed by atoms with Crippen LogP contribution in [0, 0.1) is 10.1 Å². The normalized spacial score (nSPS) is 10.5. The first-order chi connectivity index (χ1) is 13.1. The number of nitrogens with zero attached hydrogens (tertiary/aromatic N) is 2. The fourth-order valence-electron chi connectivity index (χ4n) is 2.25. The van der Waals surface area contributed by atoms with Crippen LogP contribution in [0.2, 0.25) is 0 Å². The van der Waals surface area contributed by atoms with Gasteiger partial charge in [0.1, 0.15) is 11.5 Å². The van der Waals surface area contributed by atoms with Crippen molar-refractivity contribution in [3.05, 3.63) is 100 Å². The number of nitro benzene ring substituents is 1. The SMILES string of the molecule is O=C(NN=Cc1cccc(Oc2ccccc2)c1)c1ccc([N+](=O)[O-])cc1. The number of benzene rings is 3. The van der Waals surface area contributed by atoms with E-state index in [4.69, 9.17) is 4.74 Å². The van der Waals surface area contributed by atoms with Crippen molar-refractivity contribution in [1.29, 1.82) is 0 Å². The van der Waals surface area contributed by atoms with E-state index in [-0.39, 0.29) is 11.3 Å². The van der Waals surface area contributed by atoms with Gasteiger partial charge in [-0.25, -0.2) is 5.43 Å². The molecule has 0 aromatic heterocycles. The van der Waals surface area contributed by atoms with Crippen LogP contribution in [-0.2, 0) is 0 Å². The van der Waals surface area contributed by atoms with E-state index in [0.717, 1.165) is 11.3 Å². The summed E-state index contributed by atoms with van der Waals surface area (Å²) in [5.74, 6) is 0.905. The maximum Gasteiger partial charge on any atom is 0.271 e. The molecule has 0 fully saturated rings. The molecule has 3 aromatic carbocycles. The van der Waals surface area contributed by atoms with E-state index in [2.05, 4.69) is 10.5 Å². The van der Waals surface area contributed by atoms with Crippen LogP contribution in [0.1, 0.15) is 15.9 Å². The molecule has 0 unspecified atom stereocenters. The third kappa shape index (κ3) is 4.99. The lowest BCUT2D eigenvalue weighted by Gasteiger charge is -2.05. The number of hydrazone groups is 1. The first-order valence-corrected chi connectivity index (χ1v) is 8.03. The van der Waals surface area contributed by atoms with Crippen LogP contribution in [0.4, 0.5) is 5.69 Å². The Labute approximate surface area is 155 Å². The van der Waals surface area contributed by atoms with Crippen molar-refractivity contribution in [3.8, 4) is 11.5 Å². The predicted octanol–water partition coefficient (Wildman–Crippen LogP) is 4.15. The second-order valence-corrected chi connectivity index (χ2v) is 5.49. The Morgan fingerprint density at radius 3 is 2.37 bits per heavy atom. The molecule has 7 heteroatoms. The lowest BCUT2D eigenvalue weighted by molar-refractivity contribution is -0.384. The maximum atomic E-state index is 12.0. The molecule has 3 aromatic rings. The monoisotopic (exact) mass is 361 g/mol. The number of hydrogen-bond acceptors (Lipinski definition) is 5. The smallest absolute Gasteiger partial charge is 0.271 e. The molecule has 0 aliphatic heterocycles. The van der Waals surface area contributed by atoms with Crippen LogP contribution in [0.15, 0.2) is 84.0 Å². The highest BCUT2D eigenvalue weighted by Crippen LogP contribution is 2.21. The zero-order valence-corrected chi connectivity index (χ0v) is 14.1. The average molecular weight is 361 g/mol. The van der Waals surface area contributed by atoms with Gasteiger partial charge in [-0.1, -0.05) is 30.3 Å². The van der Waals surface area contributed by atoms with Crippen LogP contribution in [0.25, 0.3) is 0 Å². The number of nitrogens with one attached hydrogen (secondary N) is 1. The van der Waals surface area contributed by atoms with E-state index < -0.39 is 10.8 Å². The van der Waals surface area contributed by atoms with Crippen molar-refractivity contribution in [3.63, 3.8) is 0 Å². The molecular weight excluding hydrogens is 346 g/mol. The fourth-order valence-corrected chi connectivity index (χ4v) is 2.25. The van der Waals surface area contributed by atoms with E-state index in [1.165, 1.54) is 30.5 Å². The van der Waals surface area contributed by atoms with Gasteiger partial charge in [-0.05, 0) is 42.0 Å². The van der Waals surface area contributed by atoms with Crippen molar-refractivity contribution in [1.82, 2.24) is 5.43 Å². The highest BCUT2D eigenvalue weighted by Gasteiger charge is 2.08. The Bertz CT molecular complexity index is 970. The number of ether oxygens (including phenoxy) is 1. The lowest BCUT2D eigenvalue weighted by Crippen LogP contribution is -2.17. The number of hydrogen-bond donors (Lipinski definition) is 1. The zero-order valence-electron chi connectivity index (χ0n) is 14.1. The number of carbonyl (C=O) groups is 1. The third-order valence-electron chi connectivity index (χ3n) is 3.56. The Hall–Kier alpha value is -4.00. The maximum absolute atomic E-state index is 12.0. The van der Waals surface area contributed by atoms with Gasteiger partial charge >= 0.3 is 0 Å². The quantitative estimate of drug-likeness (QED) is 0.405. The van der Waals surface area contributed by atoms with Crippen LogP contribution < -0.4 is 10.2 Å². The minimum atomic E-state index is -0.523. The Balaban J connectivity index is 1.61. The largest absolute Gasteiger partial charge is 0.457 e. The molecule has 0 saturated carbocycles. The van der Waals surface area contributed by atoms with Gasteiger partial charge in [0, 0.05) is 17.7 Å². The molecule has 0 saturated heterocycles. The lowest BCUT2D eigenvalue weighted by atomic mass is 10.2. The molecule has 1 amide bonds. The molecule has 0 bridgehead atoms. The summed E-state index contributed by atoms with van der Waals surface area (Å²) >= 11 is 0. The molecule has 0 radical (unpaired) electrons. The van der Waals surface area contributed by atoms with Crippen LogP contribution in [0.3, 0.4) is 0 Å². The highest BCUT2D eigenvalue weighted by atomic mass is 16.6. The van der Waals surface area contributed by atoms with Gasteiger partial charge in [0.05, 0.1) is 11.1 Å². The number of non-ortho nitro benzene ring substituents is 1. The first-order valence-electron chi connectivity index (χ1n) is 8.03. The minimum Gasteiger partial charge on any atom is -0.457 e. The number of para-hydroxylation sites is 1. The second-order valence-electron chi connectivity index (χ2n) is 5.49. The summed E-state index contributed by atoms with van der Waals surface area (Å²) in [5, 5.41) is 14.5. The topological polar surface area (TPSA) is 93.8 Å². The van der Waals surface area contributed by atoms with Gasteiger partial charge in [-0.15, -0.1) is 0 Å². The molecule has 134 valence electrons. The van der Waals surface area contributed by atoms with Gasteiger partial charge in [0.2, 0.25) is 0 Å². The predicted molar refractivity (Wildman–Crippen MR) is 101 cm³/mol. The molecule has 27 heavy (non-hydrogen) atoms. The number of amides is 1. The van der Waals surface area contributed by atoms with Gasteiger partial charge in [-0.2, -0.15) is 5.10 Å². The van der Waals surface area contributed by atoms with Gasteiger partial charge in [0.15, 0.2) is 0 Å². The van der Waals surface area contributed by atoms with Gasteiger partial charge in [-0.3, -0.25) is 14.9 Å². The summed E-state index contributed by atoms with van der Waals surface area (Å²) in [6.07, 6.45) is 1.49. The molecule has 0 aliphatic carbocycles. The summed E-state index contributed by atoms with van der Waals surface area (Å²) in [7, 11) is 0. The van der Waals surface area contributed by atoms with E-state index in [0.29, 0.717) is 5.75 Å². The van der Waals surface area contributed by atoms with Crippen molar-refractivity contribution < 1.29 is 14.5 Å². The van der Waals surface area contributed by atoms with Gasteiger partial charge in [0.25, 0.3) is 11.6 Å². The Morgan fingerprint density at radius 1 is 0.963 bits per heavy atom. The molecule has 0 heterocycles. The molecule has 0 spiro atoms.